The number of rotatable bonds is 2. The van der Waals surface area contributed by atoms with Crippen molar-refractivity contribution >= 4 is 28.2 Å². The van der Waals surface area contributed by atoms with Crippen molar-refractivity contribution in [3.05, 3.63) is 23.9 Å². The highest BCUT2D eigenvalue weighted by Gasteiger charge is 2.13. The van der Waals surface area contributed by atoms with Crippen LogP contribution >= 0.6 is 23.1 Å². The third kappa shape index (κ3) is 2.15. The fraction of sp³-hybridized carbons (Fsp3) is 0.100. The van der Waals surface area contributed by atoms with Gasteiger partial charge in [-0.3, -0.25) is 4.98 Å². The van der Waals surface area contributed by atoms with Gasteiger partial charge in [-0.05, 0) is 24.6 Å². The van der Waals surface area contributed by atoms with E-state index in [4.69, 9.17) is 11.0 Å². The maximum Gasteiger partial charge on any atom is 0.181 e. The van der Waals surface area contributed by atoms with Gasteiger partial charge in [0.25, 0.3) is 0 Å². The molecular weight excluding hydrogens is 240 g/mol. The number of thioether (sulfide) groups is 1. The van der Waals surface area contributed by atoms with Crippen LogP contribution in [0.2, 0.25) is 0 Å². The van der Waals surface area contributed by atoms with Gasteiger partial charge in [0.05, 0.1) is 5.69 Å². The van der Waals surface area contributed by atoms with E-state index < -0.39 is 0 Å². The number of nitrogens with zero attached hydrogens (tertiary/aromatic N) is 3. The second kappa shape index (κ2) is 4.51. The van der Waals surface area contributed by atoms with Crippen molar-refractivity contribution in [3.8, 4) is 16.8 Å². The van der Waals surface area contributed by atoms with E-state index in [1.165, 1.54) is 11.3 Å². The van der Waals surface area contributed by atoms with Crippen molar-refractivity contribution in [1.29, 1.82) is 5.26 Å². The molecule has 0 saturated carbocycles. The molecule has 0 bridgehead atoms. The van der Waals surface area contributed by atoms with Crippen LogP contribution in [0.15, 0.2) is 22.5 Å². The summed E-state index contributed by atoms with van der Waals surface area (Å²) in [6.45, 7) is 1.98. The highest BCUT2D eigenvalue weighted by atomic mass is 32.2. The number of hydrogen-bond acceptors (Lipinski definition) is 6. The molecule has 4 nitrogen and oxygen atoms in total. The number of hydrogen-bond donors (Lipinski definition) is 1. The average molecular weight is 248 g/mol. The molecule has 0 aliphatic carbocycles. The van der Waals surface area contributed by atoms with Gasteiger partial charge in [0, 0.05) is 18.0 Å². The summed E-state index contributed by atoms with van der Waals surface area (Å²) in [6.07, 6.45) is 1.72. The molecule has 0 aliphatic heterocycles. The topological polar surface area (TPSA) is 75.6 Å². The molecule has 2 aromatic heterocycles. The lowest BCUT2D eigenvalue weighted by Gasteiger charge is -1.98. The number of nitrogen functional groups attached to an aromatic ring is 1. The average Bonchev–Trinajstić information content (AvgIpc) is 2.60. The Bertz CT molecular complexity index is 556. The molecular formula is C10H8N4S2. The van der Waals surface area contributed by atoms with Gasteiger partial charge in [-0.25, -0.2) is 4.98 Å². The molecule has 0 radical (unpaired) electrons. The molecule has 0 aliphatic rings. The summed E-state index contributed by atoms with van der Waals surface area (Å²) in [4.78, 5) is 8.43. The minimum atomic E-state index is 0.455. The van der Waals surface area contributed by atoms with Gasteiger partial charge in [-0.15, -0.1) is 0 Å². The zero-order valence-electron chi connectivity index (χ0n) is 8.47. The number of thiocyanates is 1. The van der Waals surface area contributed by atoms with E-state index in [1.54, 1.807) is 6.20 Å². The number of aryl methyl sites for hydroxylation is 1. The molecule has 0 aromatic carbocycles. The molecule has 6 heteroatoms. The van der Waals surface area contributed by atoms with Crippen LogP contribution in [-0.4, -0.2) is 9.97 Å². The van der Waals surface area contributed by atoms with E-state index >= 15 is 0 Å². The van der Waals surface area contributed by atoms with Crippen molar-refractivity contribution in [2.24, 2.45) is 0 Å². The molecule has 0 fully saturated rings. The second-order valence-electron chi connectivity index (χ2n) is 3.10. The van der Waals surface area contributed by atoms with Crippen molar-refractivity contribution in [2.75, 3.05) is 5.73 Å². The predicted molar refractivity (Wildman–Crippen MR) is 66.0 cm³/mol. The van der Waals surface area contributed by atoms with Crippen LogP contribution < -0.4 is 5.73 Å². The highest BCUT2D eigenvalue weighted by Crippen LogP contribution is 2.36. The third-order valence-corrected chi connectivity index (χ3v) is 3.56. The van der Waals surface area contributed by atoms with E-state index in [9.17, 15) is 0 Å². The molecule has 2 rings (SSSR count). The van der Waals surface area contributed by atoms with E-state index in [1.807, 2.05) is 24.5 Å². The van der Waals surface area contributed by atoms with E-state index in [-0.39, 0.29) is 0 Å². The lowest BCUT2D eigenvalue weighted by Crippen LogP contribution is -1.87. The van der Waals surface area contributed by atoms with Crippen molar-refractivity contribution in [2.45, 2.75) is 11.1 Å². The van der Waals surface area contributed by atoms with Crippen molar-refractivity contribution in [3.63, 3.8) is 0 Å². The van der Waals surface area contributed by atoms with Gasteiger partial charge >= 0.3 is 0 Å². The molecule has 2 heterocycles. The summed E-state index contributed by atoms with van der Waals surface area (Å²) in [7, 11) is 0. The van der Waals surface area contributed by atoms with Gasteiger partial charge in [0.2, 0.25) is 0 Å². The normalized spacial score (nSPS) is 10.0. The Kier molecular flexibility index (Phi) is 3.08. The number of anilines is 1. The van der Waals surface area contributed by atoms with Crippen LogP contribution in [0.3, 0.4) is 0 Å². The highest BCUT2D eigenvalue weighted by molar-refractivity contribution is 8.05. The Morgan fingerprint density at radius 2 is 2.38 bits per heavy atom. The molecule has 80 valence electrons. The summed E-state index contributed by atoms with van der Waals surface area (Å²) in [5.74, 6) is 0. The Hall–Kier alpha value is -1.58. The SMILES string of the molecule is Cc1ccnc(-c2nc(N)sc2SC#N)c1. The monoisotopic (exact) mass is 248 g/mol. The number of aromatic nitrogens is 2. The smallest absolute Gasteiger partial charge is 0.181 e. The quantitative estimate of drug-likeness (QED) is 0.653. The lowest BCUT2D eigenvalue weighted by molar-refractivity contribution is 1.24. The summed E-state index contributed by atoms with van der Waals surface area (Å²) in [6, 6.07) is 3.84. The first-order chi connectivity index (χ1) is 7.70. The van der Waals surface area contributed by atoms with E-state index in [0.29, 0.717) is 10.8 Å². The number of nitriles is 1. The van der Waals surface area contributed by atoms with Gasteiger partial charge in [-0.1, -0.05) is 11.3 Å². The lowest BCUT2D eigenvalue weighted by atomic mass is 10.2. The number of pyridine rings is 1. The summed E-state index contributed by atoms with van der Waals surface area (Å²) in [5.41, 5.74) is 8.19. The predicted octanol–water partition coefficient (Wildman–Crippen LogP) is 2.67. The maximum atomic E-state index is 8.69. The van der Waals surface area contributed by atoms with Crippen molar-refractivity contribution < 1.29 is 0 Å². The van der Waals surface area contributed by atoms with Crippen LogP contribution in [0, 0.1) is 17.6 Å². The third-order valence-electron chi connectivity index (χ3n) is 1.91. The van der Waals surface area contributed by atoms with Gasteiger partial charge < -0.3 is 5.73 Å². The van der Waals surface area contributed by atoms with Gasteiger partial charge in [0.15, 0.2) is 5.13 Å². The Morgan fingerprint density at radius 1 is 1.56 bits per heavy atom. The van der Waals surface area contributed by atoms with Crippen molar-refractivity contribution in [1.82, 2.24) is 9.97 Å². The van der Waals surface area contributed by atoms with E-state index in [0.717, 1.165) is 27.2 Å². The standard InChI is InChI=1S/C10H8N4S2/c1-6-2-3-13-7(4-6)8-9(15-5-11)16-10(12)14-8/h2-4H,1H3,(H2,12,14). The minimum Gasteiger partial charge on any atom is -0.375 e. The zero-order chi connectivity index (χ0) is 11.5. The molecule has 2 N–H and O–H groups in total. The number of nitrogens with two attached hydrogens (primary N) is 1. The Labute approximate surface area is 101 Å². The van der Waals surface area contributed by atoms with Crippen LogP contribution in [0.4, 0.5) is 5.13 Å². The summed E-state index contributed by atoms with van der Waals surface area (Å²) >= 11 is 2.37. The number of thiazole rings is 1. The van der Waals surface area contributed by atoms with E-state index in [2.05, 4.69) is 9.97 Å². The first-order valence-electron chi connectivity index (χ1n) is 4.46. The molecule has 2 aromatic rings. The second-order valence-corrected chi connectivity index (χ2v) is 5.18. The molecule has 0 saturated heterocycles. The van der Waals surface area contributed by atoms with Crippen LogP contribution in [0.25, 0.3) is 11.4 Å². The molecule has 0 unspecified atom stereocenters. The first kappa shape index (κ1) is 10.9. The van der Waals surface area contributed by atoms with Crippen LogP contribution in [0.5, 0.6) is 0 Å². The molecule has 0 spiro atoms. The largest absolute Gasteiger partial charge is 0.375 e. The molecule has 16 heavy (non-hydrogen) atoms. The maximum absolute atomic E-state index is 8.69. The fourth-order valence-electron chi connectivity index (χ4n) is 1.26. The van der Waals surface area contributed by atoms with Crippen LogP contribution in [0.1, 0.15) is 5.56 Å². The Morgan fingerprint density at radius 3 is 3.06 bits per heavy atom. The van der Waals surface area contributed by atoms with Gasteiger partial charge in [0.1, 0.15) is 15.3 Å². The van der Waals surface area contributed by atoms with Gasteiger partial charge in [-0.2, -0.15) is 5.26 Å². The Balaban J connectivity index is 2.51. The minimum absolute atomic E-state index is 0.455. The van der Waals surface area contributed by atoms with Crippen LogP contribution in [-0.2, 0) is 0 Å². The summed E-state index contributed by atoms with van der Waals surface area (Å²) < 4.78 is 0.790. The first-order valence-corrected chi connectivity index (χ1v) is 6.09. The fourth-order valence-corrected chi connectivity index (χ4v) is 2.70. The molecule has 0 atom stereocenters. The molecule has 0 amide bonds. The zero-order valence-corrected chi connectivity index (χ0v) is 10.1. The summed E-state index contributed by atoms with van der Waals surface area (Å²) in [5, 5.41) is 11.2.